The Hall–Kier alpha value is -2.64. The smallest absolute Gasteiger partial charge is 0.187 e. The molecule has 4 aromatic rings. The molecule has 0 N–H and O–H groups in total. The van der Waals surface area contributed by atoms with E-state index in [0.29, 0.717) is 16.9 Å². The molecule has 0 aliphatic rings. The van der Waals surface area contributed by atoms with E-state index in [1.165, 1.54) is 6.33 Å². The largest absolute Gasteiger partial charge is 0.497 e. The van der Waals surface area contributed by atoms with Crippen molar-refractivity contribution in [1.82, 2.24) is 25.0 Å². The molecular formula is C18H14ClN5OS. The van der Waals surface area contributed by atoms with Crippen LogP contribution in [0.25, 0.3) is 16.9 Å². The lowest BCUT2D eigenvalue weighted by Crippen LogP contribution is -1.98. The molecule has 0 aliphatic carbocycles. The third-order valence-corrected chi connectivity index (χ3v) is 5.24. The molecule has 0 radical (unpaired) electrons. The van der Waals surface area contributed by atoms with Gasteiger partial charge in [-0.25, -0.2) is 9.97 Å². The predicted octanol–water partition coefficient (Wildman–Crippen LogP) is 4.16. The first kappa shape index (κ1) is 16.8. The van der Waals surface area contributed by atoms with Crippen LogP contribution in [-0.2, 0) is 5.75 Å². The molecule has 2 heterocycles. The van der Waals surface area contributed by atoms with Gasteiger partial charge in [-0.1, -0.05) is 46.8 Å². The summed E-state index contributed by atoms with van der Waals surface area (Å²) < 4.78 is 6.88. The second-order valence-corrected chi connectivity index (χ2v) is 6.80. The first-order valence-corrected chi connectivity index (χ1v) is 9.19. The summed E-state index contributed by atoms with van der Waals surface area (Å²) in [6.45, 7) is 0. The molecule has 0 fully saturated rings. The van der Waals surface area contributed by atoms with Crippen molar-refractivity contribution >= 4 is 34.5 Å². The van der Waals surface area contributed by atoms with Crippen molar-refractivity contribution in [1.29, 1.82) is 0 Å². The molecule has 6 nitrogen and oxygen atoms in total. The minimum absolute atomic E-state index is 0.659. The maximum atomic E-state index is 6.23. The van der Waals surface area contributed by atoms with E-state index in [1.807, 2.05) is 48.5 Å². The van der Waals surface area contributed by atoms with Crippen LogP contribution in [0.2, 0.25) is 5.02 Å². The number of halogens is 1. The lowest BCUT2D eigenvalue weighted by molar-refractivity contribution is 0.414. The van der Waals surface area contributed by atoms with Gasteiger partial charge in [0.15, 0.2) is 11.2 Å². The Kier molecular flexibility index (Phi) is 4.73. The summed E-state index contributed by atoms with van der Waals surface area (Å²) in [5, 5.41) is 10.0. The molecule has 0 spiro atoms. The normalized spacial score (nSPS) is 11.0. The Morgan fingerprint density at radius 1 is 1.08 bits per heavy atom. The van der Waals surface area contributed by atoms with Crippen LogP contribution in [0.15, 0.2) is 59.9 Å². The van der Waals surface area contributed by atoms with E-state index in [2.05, 4.69) is 20.3 Å². The number of fused-ring (bicyclic) bond motifs is 1. The molecule has 2 aromatic heterocycles. The first-order chi connectivity index (χ1) is 12.8. The fraction of sp³-hybridized carbons (Fsp3) is 0.111. The van der Waals surface area contributed by atoms with Gasteiger partial charge in [0.1, 0.15) is 17.1 Å². The standard InChI is InChI=1S/C18H14ClN5OS/c1-25-14-8-6-13(7-9-14)24-17-16(22-23-24)18(21-11-20-17)26-10-12-4-2-3-5-15(12)19/h2-9,11H,10H2,1H3. The van der Waals surface area contributed by atoms with Gasteiger partial charge in [-0.2, -0.15) is 4.68 Å². The van der Waals surface area contributed by atoms with E-state index in [4.69, 9.17) is 16.3 Å². The summed E-state index contributed by atoms with van der Waals surface area (Å²) in [5.74, 6) is 1.48. The zero-order chi connectivity index (χ0) is 17.9. The quantitative estimate of drug-likeness (QED) is 0.380. The van der Waals surface area contributed by atoms with Gasteiger partial charge in [0.05, 0.1) is 12.8 Å². The van der Waals surface area contributed by atoms with Crippen molar-refractivity contribution in [3.8, 4) is 11.4 Å². The summed E-state index contributed by atoms with van der Waals surface area (Å²) in [6, 6.07) is 15.3. The highest BCUT2D eigenvalue weighted by Crippen LogP contribution is 2.29. The Bertz CT molecular complexity index is 1050. The van der Waals surface area contributed by atoms with Gasteiger partial charge in [-0.05, 0) is 35.9 Å². The summed E-state index contributed by atoms with van der Waals surface area (Å²) in [5.41, 5.74) is 3.23. The summed E-state index contributed by atoms with van der Waals surface area (Å²) in [7, 11) is 1.63. The second kappa shape index (κ2) is 7.31. The molecule has 26 heavy (non-hydrogen) atoms. The van der Waals surface area contributed by atoms with Gasteiger partial charge in [0.2, 0.25) is 0 Å². The Morgan fingerprint density at radius 2 is 1.88 bits per heavy atom. The third-order valence-electron chi connectivity index (χ3n) is 3.84. The number of aromatic nitrogens is 5. The molecule has 2 aromatic carbocycles. The topological polar surface area (TPSA) is 65.7 Å². The predicted molar refractivity (Wildman–Crippen MR) is 102 cm³/mol. The highest BCUT2D eigenvalue weighted by Gasteiger charge is 2.14. The van der Waals surface area contributed by atoms with E-state index in [0.717, 1.165) is 27.0 Å². The van der Waals surface area contributed by atoms with Gasteiger partial charge in [-0.15, -0.1) is 5.10 Å². The van der Waals surface area contributed by atoms with Gasteiger partial charge in [0, 0.05) is 10.8 Å². The molecular weight excluding hydrogens is 370 g/mol. The van der Waals surface area contributed by atoms with E-state index < -0.39 is 0 Å². The monoisotopic (exact) mass is 383 g/mol. The number of hydrogen-bond donors (Lipinski definition) is 0. The van der Waals surface area contributed by atoms with E-state index in [-0.39, 0.29) is 0 Å². The fourth-order valence-electron chi connectivity index (χ4n) is 2.49. The van der Waals surface area contributed by atoms with Crippen molar-refractivity contribution in [3.63, 3.8) is 0 Å². The van der Waals surface area contributed by atoms with Gasteiger partial charge >= 0.3 is 0 Å². The average Bonchev–Trinajstić information content (AvgIpc) is 3.12. The number of rotatable bonds is 5. The number of thioether (sulfide) groups is 1. The number of nitrogens with zero attached hydrogens (tertiary/aromatic N) is 5. The van der Waals surface area contributed by atoms with Crippen LogP contribution in [0.3, 0.4) is 0 Å². The summed E-state index contributed by atoms with van der Waals surface area (Å²) in [6.07, 6.45) is 1.53. The molecule has 8 heteroatoms. The maximum Gasteiger partial charge on any atom is 0.187 e. The zero-order valence-corrected chi connectivity index (χ0v) is 15.4. The molecule has 0 atom stereocenters. The van der Waals surface area contributed by atoms with Crippen LogP contribution in [-0.4, -0.2) is 32.1 Å². The zero-order valence-electron chi connectivity index (χ0n) is 13.8. The number of hydrogen-bond acceptors (Lipinski definition) is 6. The molecule has 0 aliphatic heterocycles. The number of ether oxygens (including phenoxy) is 1. The SMILES string of the molecule is COc1ccc(-n2nnc3c(SCc4ccccc4Cl)ncnc32)cc1. The van der Waals surface area contributed by atoms with Crippen molar-refractivity contribution in [2.45, 2.75) is 10.8 Å². The highest BCUT2D eigenvalue weighted by molar-refractivity contribution is 7.98. The third kappa shape index (κ3) is 3.23. The lowest BCUT2D eigenvalue weighted by Gasteiger charge is -2.05. The van der Waals surface area contributed by atoms with Gasteiger partial charge < -0.3 is 4.74 Å². The van der Waals surface area contributed by atoms with Crippen molar-refractivity contribution < 1.29 is 4.74 Å². The molecule has 0 amide bonds. The maximum absolute atomic E-state index is 6.23. The lowest BCUT2D eigenvalue weighted by atomic mass is 10.2. The van der Waals surface area contributed by atoms with Crippen LogP contribution in [0, 0.1) is 0 Å². The fourth-order valence-corrected chi connectivity index (χ4v) is 3.71. The minimum atomic E-state index is 0.659. The summed E-state index contributed by atoms with van der Waals surface area (Å²) in [4.78, 5) is 8.71. The first-order valence-electron chi connectivity index (χ1n) is 7.83. The van der Waals surface area contributed by atoms with Crippen LogP contribution in [0.5, 0.6) is 5.75 Å². The molecule has 4 rings (SSSR count). The molecule has 0 saturated carbocycles. The molecule has 0 saturated heterocycles. The molecule has 130 valence electrons. The van der Waals surface area contributed by atoms with Crippen molar-refractivity contribution in [2.75, 3.05) is 7.11 Å². The second-order valence-electron chi connectivity index (χ2n) is 5.43. The van der Waals surface area contributed by atoms with E-state index in [1.54, 1.807) is 23.6 Å². The summed E-state index contributed by atoms with van der Waals surface area (Å²) >= 11 is 7.79. The van der Waals surface area contributed by atoms with Gasteiger partial charge in [-0.3, -0.25) is 0 Å². The Balaban J connectivity index is 1.65. The van der Waals surface area contributed by atoms with E-state index >= 15 is 0 Å². The number of methoxy groups -OCH3 is 1. The van der Waals surface area contributed by atoms with Crippen molar-refractivity contribution in [3.05, 3.63) is 65.4 Å². The van der Waals surface area contributed by atoms with Gasteiger partial charge in [0.25, 0.3) is 0 Å². The Morgan fingerprint density at radius 3 is 2.65 bits per heavy atom. The Labute approximate surface area is 159 Å². The van der Waals surface area contributed by atoms with Crippen LogP contribution >= 0.6 is 23.4 Å². The minimum Gasteiger partial charge on any atom is -0.497 e. The van der Waals surface area contributed by atoms with Crippen LogP contribution in [0.4, 0.5) is 0 Å². The van der Waals surface area contributed by atoms with Crippen molar-refractivity contribution in [2.24, 2.45) is 0 Å². The van der Waals surface area contributed by atoms with Crippen LogP contribution < -0.4 is 4.74 Å². The van der Waals surface area contributed by atoms with E-state index in [9.17, 15) is 0 Å². The molecule has 0 unspecified atom stereocenters. The van der Waals surface area contributed by atoms with Crippen LogP contribution in [0.1, 0.15) is 5.56 Å². The highest BCUT2D eigenvalue weighted by atomic mass is 35.5. The average molecular weight is 384 g/mol. The number of benzene rings is 2. The molecule has 0 bridgehead atoms.